The summed E-state index contributed by atoms with van der Waals surface area (Å²) in [7, 11) is 0. The summed E-state index contributed by atoms with van der Waals surface area (Å²) in [5.41, 5.74) is 0. The fraction of sp³-hybridized carbons (Fsp3) is 1.00. The van der Waals surface area contributed by atoms with Gasteiger partial charge in [-0.2, -0.15) is 0 Å². The van der Waals surface area contributed by atoms with Crippen molar-refractivity contribution in [3.63, 3.8) is 0 Å². The predicted molar refractivity (Wildman–Crippen MR) is 43.5 cm³/mol. The minimum absolute atomic E-state index is 0.371. The van der Waals surface area contributed by atoms with Gasteiger partial charge in [-0.1, -0.05) is 0 Å². The van der Waals surface area contributed by atoms with Crippen LogP contribution in [0.2, 0.25) is 5.21 Å². The first-order chi connectivity index (χ1) is 4.41. The molecule has 0 aliphatic rings. The second-order valence-electron chi connectivity index (χ2n) is 2.28. The third-order valence-corrected chi connectivity index (χ3v) is 2.22. The Morgan fingerprint density at radius 2 is 1.44 bits per heavy atom. The molecular weight excluding hydrogens is 175 g/mol. The fourth-order valence-electron chi connectivity index (χ4n) is 0.786. The molecule has 1 nitrogen and oxygen atoms in total. The van der Waals surface area contributed by atoms with Crippen LogP contribution < -0.4 is 0 Å². The topological polar surface area (TPSA) is 20.2 Å². The van der Waals surface area contributed by atoms with Gasteiger partial charge in [-0.15, -0.1) is 0 Å². The van der Waals surface area contributed by atoms with E-state index in [0.29, 0.717) is 6.61 Å². The maximum absolute atomic E-state index is 8.43. The van der Waals surface area contributed by atoms with Crippen LogP contribution in [0.4, 0.5) is 0 Å². The Kier molecular flexibility index (Phi) is 9.01. The van der Waals surface area contributed by atoms with Gasteiger partial charge in [0.2, 0.25) is 0 Å². The zero-order valence-corrected chi connectivity index (χ0v) is 8.40. The molecule has 56 valence electrons. The summed E-state index contributed by atoms with van der Waals surface area (Å²) in [6.45, 7) is 0.371. The van der Waals surface area contributed by atoms with E-state index in [1.54, 1.807) is 0 Å². The predicted octanol–water partition coefficient (Wildman–Crippen LogP) is 0.981. The van der Waals surface area contributed by atoms with E-state index in [4.69, 9.17) is 5.11 Å². The third kappa shape index (κ3) is 8.52. The second kappa shape index (κ2) is 8.52. The maximum atomic E-state index is 8.43. The Balaban J connectivity index is 2.60. The van der Waals surface area contributed by atoms with Crippen LogP contribution in [0.25, 0.3) is 0 Å². The van der Waals surface area contributed by atoms with Gasteiger partial charge in [-0.3, -0.25) is 0 Å². The molecule has 0 aromatic heterocycles. The van der Waals surface area contributed by atoms with Crippen molar-refractivity contribution in [1.29, 1.82) is 0 Å². The average molecular weight is 192 g/mol. The van der Waals surface area contributed by atoms with Gasteiger partial charge in [0.05, 0.1) is 0 Å². The molecule has 0 rings (SSSR count). The number of aliphatic hydroxyl groups is 1. The number of unbranched alkanes of at least 4 members (excludes halogenated alkanes) is 4. The monoisotopic (exact) mass is 192 g/mol. The molecule has 0 bridgehead atoms. The minimum atomic E-state index is 0.371. The van der Waals surface area contributed by atoms with E-state index in [1.165, 1.54) is 30.9 Å². The van der Waals surface area contributed by atoms with Gasteiger partial charge in [-0.05, 0) is 0 Å². The molecule has 9 heavy (non-hydrogen) atoms. The fourth-order valence-corrected chi connectivity index (χ4v) is 1.39. The van der Waals surface area contributed by atoms with Crippen molar-refractivity contribution in [2.45, 2.75) is 37.3 Å². The van der Waals surface area contributed by atoms with Crippen LogP contribution in [0.3, 0.4) is 0 Å². The Morgan fingerprint density at radius 3 is 2.00 bits per heavy atom. The molecule has 0 radical (unpaired) electrons. The van der Waals surface area contributed by atoms with Crippen molar-refractivity contribution < 1.29 is 5.11 Å². The van der Waals surface area contributed by atoms with E-state index < -0.39 is 0 Å². The molecule has 1 atom stereocenters. The molecule has 0 aliphatic heterocycles. The van der Waals surface area contributed by atoms with Crippen LogP contribution in [0, 0.1) is 0 Å². The summed E-state index contributed by atoms with van der Waals surface area (Å²) in [6.07, 6.45) is 6.26. The summed E-state index contributed by atoms with van der Waals surface area (Å²) >= 11 is 1.83. The first kappa shape index (κ1) is 9.52. The zero-order valence-electron chi connectivity index (χ0n) is 5.97. The van der Waals surface area contributed by atoms with Gasteiger partial charge in [0.25, 0.3) is 0 Å². The third-order valence-electron chi connectivity index (χ3n) is 1.36. The normalized spacial score (nSPS) is 10.0. The number of hydrogen-bond acceptors (Lipinski definition) is 1. The van der Waals surface area contributed by atoms with Crippen molar-refractivity contribution in [3.8, 4) is 0 Å². The summed E-state index contributed by atoms with van der Waals surface area (Å²) in [6, 6.07) is 0. The quantitative estimate of drug-likeness (QED) is 0.491. The molecule has 0 aliphatic carbocycles. The van der Waals surface area contributed by atoms with E-state index in [2.05, 4.69) is 0 Å². The Labute approximate surface area is 66.3 Å². The van der Waals surface area contributed by atoms with Gasteiger partial charge in [0.15, 0.2) is 0 Å². The van der Waals surface area contributed by atoms with Crippen LogP contribution in [0.1, 0.15) is 32.1 Å². The van der Waals surface area contributed by atoms with Crippen LogP contribution in [0.5, 0.6) is 0 Å². The molecule has 0 spiro atoms. The standard InChI is InChI=1S/C7H17AsO/c8-6-4-2-1-3-5-7-9/h9H,1-8H2. The van der Waals surface area contributed by atoms with Crippen molar-refractivity contribution in [3.05, 3.63) is 0 Å². The number of aliphatic hydroxyl groups excluding tert-OH is 1. The van der Waals surface area contributed by atoms with Gasteiger partial charge in [0, 0.05) is 0 Å². The summed E-state index contributed by atoms with van der Waals surface area (Å²) < 4.78 is 0. The van der Waals surface area contributed by atoms with Crippen molar-refractivity contribution in [1.82, 2.24) is 0 Å². The Bertz CT molecular complexity index is 42.2. The Hall–Kier alpha value is 0.518. The molecule has 0 aromatic carbocycles. The van der Waals surface area contributed by atoms with Crippen LogP contribution in [-0.4, -0.2) is 28.6 Å². The molecule has 0 fully saturated rings. The molecule has 0 heterocycles. The summed E-state index contributed by atoms with van der Waals surface area (Å²) in [5, 5.41) is 9.79. The SMILES string of the molecule is OCCCCCCC[AsH2]. The summed E-state index contributed by atoms with van der Waals surface area (Å²) in [4.78, 5) is 0. The van der Waals surface area contributed by atoms with E-state index in [9.17, 15) is 0 Å². The van der Waals surface area contributed by atoms with Gasteiger partial charge in [-0.25, -0.2) is 0 Å². The van der Waals surface area contributed by atoms with E-state index in [0.717, 1.165) is 6.42 Å². The molecule has 2 heteroatoms. The average Bonchev–Trinajstić information content (AvgIpc) is 1.89. The zero-order chi connectivity index (χ0) is 6.95. The van der Waals surface area contributed by atoms with Crippen LogP contribution >= 0.6 is 0 Å². The van der Waals surface area contributed by atoms with E-state index >= 15 is 0 Å². The molecular formula is C7H17AsO. The van der Waals surface area contributed by atoms with Crippen LogP contribution in [0.15, 0.2) is 0 Å². The van der Waals surface area contributed by atoms with Crippen LogP contribution in [-0.2, 0) is 0 Å². The van der Waals surface area contributed by atoms with Crippen molar-refractivity contribution in [2.75, 3.05) is 6.61 Å². The van der Waals surface area contributed by atoms with Crippen molar-refractivity contribution >= 4 is 16.9 Å². The summed E-state index contributed by atoms with van der Waals surface area (Å²) in [5.74, 6) is 0. The van der Waals surface area contributed by atoms with Gasteiger partial charge < -0.3 is 0 Å². The van der Waals surface area contributed by atoms with E-state index in [1.807, 2.05) is 16.9 Å². The molecule has 1 unspecified atom stereocenters. The molecule has 1 N–H and O–H groups in total. The first-order valence-electron chi connectivity index (χ1n) is 3.72. The molecule has 0 amide bonds. The number of hydrogen-bond donors (Lipinski definition) is 1. The first-order valence-corrected chi connectivity index (χ1v) is 5.44. The number of rotatable bonds is 6. The Morgan fingerprint density at radius 1 is 0.889 bits per heavy atom. The van der Waals surface area contributed by atoms with E-state index in [-0.39, 0.29) is 0 Å². The van der Waals surface area contributed by atoms with Gasteiger partial charge in [0.1, 0.15) is 0 Å². The second-order valence-corrected chi connectivity index (χ2v) is 3.49. The molecule has 0 saturated heterocycles. The molecule has 0 saturated carbocycles. The molecule has 0 aromatic rings. The van der Waals surface area contributed by atoms with Gasteiger partial charge >= 0.3 is 65.9 Å². The van der Waals surface area contributed by atoms with Crippen molar-refractivity contribution in [2.24, 2.45) is 0 Å².